The van der Waals surface area contributed by atoms with Gasteiger partial charge in [0.2, 0.25) is 11.8 Å². The van der Waals surface area contributed by atoms with E-state index in [0.717, 1.165) is 24.1 Å². The third-order valence-corrected chi connectivity index (χ3v) is 3.91. The fourth-order valence-electron chi connectivity index (χ4n) is 2.72. The summed E-state index contributed by atoms with van der Waals surface area (Å²) < 4.78 is 37.0. The van der Waals surface area contributed by atoms with E-state index in [1.165, 1.54) is 0 Å². The van der Waals surface area contributed by atoms with Crippen molar-refractivity contribution in [3.8, 4) is 0 Å². The minimum atomic E-state index is -5.08. The van der Waals surface area contributed by atoms with Gasteiger partial charge in [0.25, 0.3) is 0 Å². The Kier molecular flexibility index (Phi) is 6.73. The number of hydrogen-bond donors (Lipinski definition) is 2. The summed E-state index contributed by atoms with van der Waals surface area (Å²) in [4.78, 5) is 27.2. The van der Waals surface area contributed by atoms with Gasteiger partial charge in [-0.25, -0.2) is 4.79 Å². The Morgan fingerprint density at radius 1 is 1.36 bits per heavy atom. The van der Waals surface area contributed by atoms with Crippen LogP contribution in [0.4, 0.5) is 18.9 Å². The van der Waals surface area contributed by atoms with E-state index in [0.29, 0.717) is 18.1 Å². The molecule has 3 N–H and O–H groups in total. The summed E-state index contributed by atoms with van der Waals surface area (Å²) in [6.07, 6.45) is -2.71. The van der Waals surface area contributed by atoms with Crippen LogP contribution in [0.25, 0.3) is 0 Å². The van der Waals surface area contributed by atoms with Crippen LogP contribution in [0.1, 0.15) is 36.7 Å². The number of halogens is 3. The number of benzene rings is 1. The molecule has 1 aliphatic rings. The number of rotatable bonds is 4. The molecule has 2 heterocycles. The number of aliphatic carboxylic acids is 1. The minimum Gasteiger partial charge on any atom is -0.475 e. The fourth-order valence-corrected chi connectivity index (χ4v) is 2.72. The number of carboxylic acids is 1. The Hall–Kier alpha value is -2.95. The van der Waals surface area contributed by atoms with E-state index in [-0.39, 0.29) is 18.5 Å². The van der Waals surface area contributed by atoms with Crippen LogP contribution in [-0.2, 0) is 22.4 Å². The number of amides is 1. The van der Waals surface area contributed by atoms with E-state index in [4.69, 9.17) is 20.2 Å². The number of nitrogens with two attached hydrogens (primary N) is 1. The number of aromatic nitrogens is 2. The van der Waals surface area contributed by atoms with Gasteiger partial charge in [-0.15, -0.1) is 0 Å². The number of fused-ring (bicyclic) bond motifs is 1. The van der Waals surface area contributed by atoms with Gasteiger partial charge < -0.3 is 15.4 Å². The molecule has 1 aromatic heterocycles. The van der Waals surface area contributed by atoms with Crippen molar-refractivity contribution in [2.24, 2.45) is 5.73 Å². The van der Waals surface area contributed by atoms with E-state index in [1.807, 2.05) is 24.3 Å². The largest absolute Gasteiger partial charge is 0.490 e. The topological polar surface area (TPSA) is 123 Å². The van der Waals surface area contributed by atoms with Crippen LogP contribution in [0.3, 0.4) is 0 Å². The second-order valence-electron chi connectivity index (χ2n) is 5.92. The summed E-state index contributed by atoms with van der Waals surface area (Å²) in [5.41, 5.74) is 7.54. The van der Waals surface area contributed by atoms with Gasteiger partial charge in [0.05, 0.1) is 6.54 Å². The Balaban J connectivity index is 0.000000345. The summed E-state index contributed by atoms with van der Waals surface area (Å²) in [5.74, 6) is -1.72. The number of hydrogen-bond acceptors (Lipinski definition) is 6. The molecule has 1 atom stereocenters. The van der Waals surface area contributed by atoms with Crippen LogP contribution in [0.5, 0.6) is 0 Å². The first-order valence-electron chi connectivity index (χ1n) is 8.41. The fraction of sp³-hybridized carbons (Fsp3) is 0.412. The lowest BCUT2D eigenvalue weighted by atomic mass is 10.1. The van der Waals surface area contributed by atoms with Gasteiger partial charge in [-0.2, -0.15) is 18.2 Å². The monoisotopic (exact) mass is 400 g/mol. The molecule has 0 saturated carbocycles. The number of nitrogens with zero attached hydrogens (tertiary/aromatic N) is 3. The van der Waals surface area contributed by atoms with E-state index in [1.54, 1.807) is 4.90 Å². The molecule has 0 spiro atoms. The van der Waals surface area contributed by atoms with Gasteiger partial charge in [0, 0.05) is 18.5 Å². The predicted octanol–water partition coefficient (Wildman–Crippen LogP) is 2.24. The van der Waals surface area contributed by atoms with Crippen molar-refractivity contribution in [1.29, 1.82) is 0 Å². The Morgan fingerprint density at radius 2 is 2.00 bits per heavy atom. The molecule has 8 nitrogen and oxygen atoms in total. The second kappa shape index (κ2) is 8.83. The number of carboxylic acid groups (broad SMARTS) is 1. The summed E-state index contributed by atoms with van der Waals surface area (Å²) >= 11 is 0. The number of anilines is 1. The van der Waals surface area contributed by atoms with E-state index in [9.17, 15) is 18.0 Å². The molecule has 2 aromatic rings. The molecule has 1 amide bonds. The molecular weight excluding hydrogens is 381 g/mol. The first-order chi connectivity index (χ1) is 13.2. The first-order valence-corrected chi connectivity index (χ1v) is 8.41. The lowest BCUT2D eigenvalue weighted by Crippen LogP contribution is -2.37. The highest BCUT2D eigenvalue weighted by atomic mass is 19.4. The molecule has 0 aliphatic carbocycles. The molecule has 0 radical (unpaired) electrons. The summed E-state index contributed by atoms with van der Waals surface area (Å²) in [6.45, 7) is 2.02. The van der Waals surface area contributed by atoms with Gasteiger partial charge in [0.15, 0.2) is 5.82 Å². The number of carbonyl (C=O) groups is 2. The first kappa shape index (κ1) is 21.4. The van der Waals surface area contributed by atoms with Crippen molar-refractivity contribution >= 4 is 17.6 Å². The molecular formula is C17H19F3N4O4. The Morgan fingerprint density at radius 3 is 2.57 bits per heavy atom. The molecule has 1 unspecified atom stereocenters. The van der Waals surface area contributed by atoms with Crippen molar-refractivity contribution in [2.75, 3.05) is 11.4 Å². The molecule has 11 heteroatoms. The third kappa shape index (κ3) is 4.85. The van der Waals surface area contributed by atoms with Crippen molar-refractivity contribution in [2.45, 2.75) is 38.4 Å². The highest BCUT2D eigenvalue weighted by molar-refractivity contribution is 5.97. The van der Waals surface area contributed by atoms with Gasteiger partial charge >= 0.3 is 12.1 Å². The Labute approximate surface area is 158 Å². The molecule has 28 heavy (non-hydrogen) atoms. The maximum absolute atomic E-state index is 12.2. The zero-order chi connectivity index (χ0) is 20.9. The molecule has 152 valence electrons. The van der Waals surface area contributed by atoms with Crippen LogP contribution in [-0.4, -0.2) is 39.8 Å². The lowest BCUT2D eigenvalue weighted by molar-refractivity contribution is -0.192. The second-order valence-corrected chi connectivity index (χ2v) is 5.92. The van der Waals surface area contributed by atoms with E-state index in [2.05, 4.69) is 17.1 Å². The zero-order valence-corrected chi connectivity index (χ0v) is 14.9. The molecule has 0 saturated heterocycles. The molecule has 1 aliphatic heterocycles. The van der Waals surface area contributed by atoms with Crippen LogP contribution in [0.2, 0.25) is 0 Å². The summed E-state index contributed by atoms with van der Waals surface area (Å²) in [7, 11) is 0. The van der Waals surface area contributed by atoms with Crippen molar-refractivity contribution in [3.63, 3.8) is 0 Å². The molecule has 1 aromatic carbocycles. The maximum atomic E-state index is 12.2. The number of aryl methyl sites for hydroxylation is 1. The number of carbonyl (C=O) groups excluding carboxylic acids is 1. The van der Waals surface area contributed by atoms with Gasteiger partial charge in [-0.3, -0.25) is 9.69 Å². The highest BCUT2D eigenvalue weighted by Gasteiger charge is 2.38. The van der Waals surface area contributed by atoms with E-state index >= 15 is 0 Å². The zero-order valence-electron chi connectivity index (χ0n) is 14.9. The molecule has 3 rings (SSSR count). The standard InChI is InChI=1S/C15H18N4O2.C2HF3O2/c1-2-5-13-17-15(18-21-13)12-8-10-6-3-4-7-11(10)19(12)14(20)9-16;3-2(4,5)1(6)7/h3-4,6-7,12H,2,5,8-9,16H2,1H3;(H,6,7). The number of para-hydroxylation sites is 1. The van der Waals surface area contributed by atoms with Crippen LogP contribution in [0.15, 0.2) is 28.8 Å². The van der Waals surface area contributed by atoms with Crippen LogP contribution >= 0.6 is 0 Å². The van der Waals surface area contributed by atoms with Crippen molar-refractivity contribution in [1.82, 2.24) is 10.1 Å². The average Bonchev–Trinajstić information content (AvgIpc) is 3.25. The normalized spacial score (nSPS) is 15.6. The average molecular weight is 400 g/mol. The van der Waals surface area contributed by atoms with E-state index < -0.39 is 12.1 Å². The number of alkyl halides is 3. The van der Waals surface area contributed by atoms with Gasteiger partial charge in [-0.1, -0.05) is 30.3 Å². The molecule has 0 bridgehead atoms. The van der Waals surface area contributed by atoms with Crippen molar-refractivity contribution in [3.05, 3.63) is 41.5 Å². The van der Waals surface area contributed by atoms with Gasteiger partial charge in [0.1, 0.15) is 6.04 Å². The smallest absolute Gasteiger partial charge is 0.475 e. The highest BCUT2D eigenvalue weighted by Crippen LogP contribution is 2.39. The third-order valence-electron chi connectivity index (χ3n) is 3.91. The maximum Gasteiger partial charge on any atom is 0.490 e. The quantitative estimate of drug-likeness (QED) is 0.807. The molecule has 0 fully saturated rings. The summed E-state index contributed by atoms with van der Waals surface area (Å²) in [6, 6.07) is 7.59. The SMILES string of the molecule is CCCc1nc(C2Cc3ccccc3N2C(=O)CN)no1.O=C(O)C(F)(F)F. The lowest BCUT2D eigenvalue weighted by Gasteiger charge is -2.22. The summed E-state index contributed by atoms with van der Waals surface area (Å²) in [5, 5.41) is 11.2. The van der Waals surface area contributed by atoms with Crippen LogP contribution in [0, 0.1) is 0 Å². The minimum absolute atomic E-state index is 0.0372. The van der Waals surface area contributed by atoms with Crippen molar-refractivity contribution < 1.29 is 32.4 Å². The van der Waals surface area contributed by atoms with Gasteiger partial charge in [-0.05, 0) is 18.1 Å². The van der Waals surface area contributed by atoms with Crippen LogP contribution < -0.4 is 10.6 Å². The predicted molar refractivity (Wildman–Crippen MR) is 91.4 cm³/mol. The Bertz CT molecular complexity index is 838.